The van der Waals surface area contributed by atoms with E-state index >= 15 is 0 Å². The third kappa shape index (κ3) is 2.34. The Labute approximate surface area is 86.1 Å². The fourth-order valence-electron chi connectivity index (χ4n) is 1.54. The largest absolute Gasteiger partial charge is 0.382 e. The summed E-state index contributed by atoms with van der Waals surface area (Å²) >= 11 is 0. The number of pyridine rings is 1. The van der Waals surface area contributed by atoms with E-state index in [9.17, 15) is 0 Å². The molecule has 1 rings (SSSR count). The van der Waals surface area contributed by atoms with Crippen molar-refractivity contribution in [2.45, 2.75) is 33.7 Å². The van der Waals surface area contributed by atoms with Crippen LogP contribution in [0.25, 0.3) is 5.57 Å². The molecule has 76 valence electrons. The van der Waals surface area contributed by atoms with Crippen molar-refractivity contribution in [2.24, 2.45) is 0 Å². The van der Waals surface area contributed by atoms with Crippen molar-refractivity contribution in [3.8, 4) is 0 Å². The van der Waals surface area contributed by atoms with Gasteiger partial charge in [-0.05, 0) is 39.3 Å². The lowest BCUT2D eigenvalue weighted by Crippen LogP contribution is -2.12. The molecule has 0 saturated heterocycles. The van der Waals surface area contributed by atoms with Gasteiger partial charge in [-0.2, -0.15) is 0 Å². The minimum atomic E-state index is 0.426. The Morgan fingerprint density at radius 2 is 2.14 bits per heavy atom. The average molecular weight is 190 g/mol. The first-order valence-corrected chi connectivity index (χ1v) is 4.90. The van der Waals surface area contributed by atoms with Crippen molar-refractivity contribution >= 4 is 11.3 Å². The van der Waals surface area contributed by atoms with Gasteiger partial charge in [0, 0.05) is 29.2 Å². The molecule has 0 saturated carbocycles. The average Bonchev–Trinajstić information content (AvgIpc) is 2.01. The van der Waals surface area contributed by atoms with Crippen LogP contribution in [0.15, 0.2) is 18.8 Å². The molecule has 0 aliphatic rings. The maximum absolute atomic E-state index is 4.27. The highest BCUT2D eigenvalue weighted by Gasteiger charge is 2.07. The molecule has 0 amide bonds. The smallest absolute Gasteiger partial charge is 0.0468 e. The van der Waals surface area contributed by atoms with Crippen LogP contribution >= 0.6 is 0 Å². The van der Waals surface area contributed by atoms with E-state index in [4.69, 9.17) is 0 Å². The molecule has 0 bridgehead atoms. The normalized spacial score (nSPS) is 10.4. The van der Waals surface area contributed by atoms with Crippen molar-refractivity contribution in [1.82, 2.24) is 4.98 Å². The molecule has 2 heteroatoms. The summed E-state index contributed by atoms with van der Waals surface area (Å²) in [5.74, 6) is 0. The lowest BCUT2D eigenvalue weighted by atomic mass is 10.1. The second-order valence-electron chi connectivity index (χ2n) is 3.90. The van der Waals surface area contributed by atoms with E-state index in [1.807, 2.05) is 26.1 Å². The zero-order chi connectivity index (χ0) is 10.7. The van der Waals surface area contributed by atoms with Gasteiger partial charge < -0.3 is 5.32 Å². The van der Waals surface area contributed by atoms with Gasteiger partial charge in [0.2, 0.25) is 0 Å². The van der Waals surface area contributed by atoms with Crippen LogP contribution in [0.1, 0.15) is 32.0 Å². The van der Waals surface area contributed by atoms with Crippen molar-refractivity contribution in [2.75, 3.05) is 5.32 Å². The molecule has 0 spiro atoms. The molecule has 0 radical (unpaired) electrons. The van der Waals surface area contributed by atoms with Crippen LogP contribution in [0.4, 0.5) is 5.69 Å². The predicted octanol–water partition coefficient (Wildman–Crippen LogP) is 3.24. The van der Waals surface area contributed by atoms with Gasteiger partial charge in [0.25, 0.3) is 0 Å². The molecule has 0 aliphatic carbocycles. The minimum Gasteiger partial charge on any atom is -0.382 e. The molecule has 1 heterocycles. The Bertz CT molecular complexity index is 340. The van der Waals surface area contributed by atoms with Crippen molar-refractivity contribution in [1.29, 1.82) is 0 Å². The number of aryl methyl sites for hydroxylation is 1. The first-order valence-electron chi connectivity index (χ1n) is 4.90. The third-order valence-electron chi connectivity index (χ3n) is 2.01. The number of rotatable bonds is 3. The highest BCUT2D eigenvalue weighted by molar-refractivity contribution is 5.75. The van der Waals surface area contributed by atoms with Gasteiger partial charge in [-0.15, -0.1) is 0 Å². The van der Waals surface area contributed by atoms with E-state index in [0.717, 1.165) is 22.5 Å². The Morgan fingerprint density at radius 3 is 2.64 bits per heavy atom. The second-order valence-corrected chi connectivity index (χ2v) is 3.90. The molecule has 0 aliphatic heterocycles. The highest BCUT2D eigenvalue weighted by atomic mass is 14.9. The summed E-state index contributed by atoms with van der Waals surface area (Å²) in [4.78, 5) is 4.27. The molecule has 2 nitrogen and oxygen atoms in total. The fraction of sp³-hybridized carbons (Fsp3) is 0.417. The highest BCUT2D eigenvalue weighted by Crippen LogP contribution is 2.24. The quantitative estimate of drug-likeness (QED) is 0.791. The summed E-state index contributed by atoms with van der Waals surface area (Å²) in [5, 5.41) is 3.39. The second kappa shape index (κ2) is 4.27. The Morgan fingerprint density at radius 1 is 1.50 bits per heavy atom. The van der Waals surface area contributed by atoms with Crippen LogP contribution in [0.3, 0.4) is 0 Å². The lowest BCUT2D eigenvalue weighted by Gasteiger charge is -2.16. The summed E-state index contributed by atoms with van der Waals surface area (Å²) < 4.78 is 0. The first kappa shape index (κ1) is 10.8. The summed E-state index contributed by atoms with van der Waals surface area (Å²) in [7, 11) is 0. The van der Waals surface area contributed by atoms with Crippen LogP contribution in [0.5, 0.6) is 0 Å². The first-order chi connectivity index (χ1) is 6.52. The van der Waals surface area contributed by atoms with Gasteiger partial charge in [-0.1, -0.05) is 6.58 Å². The molecule has 1 aromatic rings. The van der Waals surface area contributed by atoms with Crippen LogP contribution in [-0.2, 0) is 0 Å². The van der Waals surface area contributed by atoms with E-state index in [1.165, 1.54) is 0 Å². The molecular weight excluding hydrogens is 172 g/mol. The van der Waals surface area contributed by atoms with Crippen molar-refractivity contribution in [3.63, 3.8) is 0 Å². The van der Waals surface area contributed by atoms with Crippen molar-refractivity contribution in [3.05, 3.63) is 30.1 Å². The van der Waals surface area contributed by atoms with Crippen LogP contribution in [-0.4, -0.2) is 11.0 Å². The van der Waals surface area contributed by atoms with Gasteiger partial charge in [0.05, 0.1) is 0 Å². The maximum Gasteiger partial charge on any atom is 0.0468 e. The van der Waals surface area contributed by atoms with Crippen LogP contribution in [0, 0.1) is 6.92 Å². The maximum atomic E-state index is 4.27. The van der Waals surface area contributed by atoms with Gasteiger partial charge >= 0.3 is 0 Å². The lowest BCUT2D eigenvalue weighted by molar-refractivity contribution is 0.896. The Hall–Kier alpha value is -1.31. The SMILES string of the molecule is C=C(C)c1c(NC(C)C)ccnc1C. The monoisotopic (exact) mass is 190 g/mol. The van der Waals surface area contributed by atoms with Crippen LogP contribution < -0.4 is 5.32 Å². The number of allylic oxidation sites excluding steroid dienone is 1. The van der Waals surface area contributed by atoms with Gasteiger partial charge in [-0.25, -0.2) is 0 Å². The van der Waals surface area contributed by atoms with Crippen molar-refractivity contribution < 1.29 is 0 Å². The zero-order valence-corrected chi connectivity index (χ0v) is 9.39. The van der Waals surface area contributed by atoms with E-state index in [1.54, 1.807) is 0 Å². The molecule has 0 unspecified atom stereocenters. The van der Waals surface area contributed by atoms with Gasteiger partial charge in [-0.3, -0.25) is 4.98 Å². The van der Waals surface area contributed by atoms with E-state index in [2.05, 4.69) is 30.7 Å². The number of hydrogen-bond donors (Lipinski definition) is 1. The summed E-state index contributed by atoms with van der Waals surface area (Å²) in [5.41, 5.74) is 4.35. The Kier molecular flexibility index (Phi) is 3.28. The number of nitrogens with one attached hydrogen (secondary N) is 1. The minimum absolute atomic E-state index is 0.426. The van der Waals surface area contributed by atoms with Crippen LogP contribution in [0.2, 0.25) is 0 Å². The Balaban J connectivity index is 3.14. The molecule has 14 heavy (non-hydrogen) atoms. The van der Waals surface area contributed by atoms with E-state index in [-0.39, 0.29) is 0 Å². The predicted molar refractivity (Wildman–Crippen MR) is 62.4 cm³/mol. The summed E-state index contributed by atoms with van der Waals surface area (Å²) in [6, 6.07) is 2.42. The van der Waals surface area contributed by atoms with E-state index < -0.39 is 0 Å². The summed E-state index contributed by atoms with van der Waals surface area (Å²) in [6.07, 6.45) is 1.83. The molecule has 1 N–H and O–H groups in total. The molecule has 0 atom stereocenters. The zero-order valence-electron chi connectivity index (χ0n) is 9.39. The van der Waals surface area contributed by atoms with Gasteiger partial charge in [0.1, 0.15) is 0 Å². The number of anilines is 1. The molecule has 0 aromatic carbocycles. The topological polar surface area (TPSA) is 24.9 Å². The fourth-order valence-corrected chi connectivity index (χ4v) is 1.54. The number of nitrogens with zero attached hydrogens (tertiary/aromatic N) is 1. The van der Waals surface area contributed by atoms with Gasteiger partial charge in [0.15, 0.2) is 0 Å². The molecule has 1 aromatic heterocycles. The molecule has 0 fully saturated rings. The third-order valence-corrected chi connectivity index (χ3v) is 2.01. The standard InChI is InChI=1S/C12H18N2/c1-8(2)12-10(5)13-7-6-11(12)14-9(3)4/h6-7,9H,1H2,2-5H3,(H,13,14). The number of hydrogen-bond acceptors (Lipinski definition) is 2. The number of aromatic nitrogens is 1. The summed E-state index contributed by atoms with van der Waals surface area (Å²) in [6.45, 7) is 12.2. The molecular formula is C12H18N2. The van der Waals surface area contributed by atoms with E-state index in [0.29, 0.717) is 6.04 Å².